The molecule has 1 aliphatic heterocycles. The Bertz CT molecular complexity index is 790. The van der Waals surface area contributed by atoms with Crippen molar-refractivity contribution >= 4 is 17.5 Å². The third-order valence-corrected chi connectivity index (χ3v) is 4.64. The van der Waals surface area contributed by atoms with E-state index in [2.05, 4.69) is 34.3 Å². The van der Waals surface area contributed by atoms with Gasteiger partial charge >= 0.3 is 0 Å². The SMILES string of the molecule is Cc1cc(CNC(C)c2cccc(N3CCCC3=O)c2)nc(N(C)C)n1. The van der Waals surface area contributed by atoms with E-state index < -0.39 is 0 Å². The Morgan fingerprint density at radius 3 is 2.77 bits per heavy atom. The van der Waals surface area contributed by atoms with E-state index in [0.717, 1.165) is 36.0 Å². The predicted molar refractivity (Wildman–Crippen MR) is 104 cm³/mol. The Kier molecular flexibility index (Phi) is 5.52. The summed E-state index contributed by atoms with van der Waals surface area (Å²) in [6.45, 7) is 5.60. The second-order valence-electron chi connectivity index (χ2n) is 7.04. The molecule has 6 heteroatoms. The number of aryl methyl sites for hydroxylation is 1. The van der Waals surface area contributed by atoms with Crippen LogP contribution < -0.4 is 15.1 Å². The van der Waals surface area contributed by atoms with Crippen LogP contribution >= 0.6 is 0 Å². The van der Waals surface area contributed by atoms with Gasteiger partial charge in [0.1, 0.15) is 0 Å². The zero-order chi connectivity index (χ0) is 18.7. The molecule has 1 aromatic carbocycles. The molecule has 3 rings (SSSR count). The van der Waals surface area contributed by atoms with Crippen LogP contribution in [-0.4, -0.2) is 36.5 Å². The van der Waals surface area contributed by atoms with Gasteiger partial charge in [-0.2, -0.15) is 0 Å². The number of carbonyl (C=O) groups is 1. The molecule has 0 bridgehead atoms. The van der Waals surface area contributed by atoms with Crippen LogP contribution in [0, 0.1) is 6.92 Å². The van der Waals surface area contributed by atoms with Crippen LogP contribution in [0.3, 0.4) is 0 Å². The molecule has 1 unspecified atom stereocenters. The molecule has 26 heavy (non-hydrogen) atoms. The molecule has 6 nitrogen and oxygen atoms in total. The first-order valence-corrected chi connectivity index (χ1v) is 9.09. The molecule has 1 amide bonds. The van der Waals surface area contributed by atoms with Crippen LogP contribution in [0.25, 0.3) is 0 Å². The third-order valence-electron chi connectivity index (χ3n) is 4.64. The third kappa shape index (κ3) is 4.19. The number of amides is 1. The summed E-state index contributed by atoms with van der Waals surface area (Å²) in [6, 6.07) is 10.4. The molecule has 0 aliphatic carbocycles. The summed E-state index contributed by atoms with van der Waals surface area (Å²) < 4.78 is 0. The molecule has 0 spiro atoms. The normalized spacial score (nSPS) is 15.4. The standard InChI is InChI=1S/C20H27N5O/c1-14-11-17(23-20(22-14)24(3)4)13-21-15(2)16-7-5-8-18(12-16)25-10-6-9-19(25)26/h5,7-8,11-12,15,21H,6,9-10,13H2,1-4H3. The molecule has 2 heterocycles. The van der Waals surface area contributed by atoms with E-state index in [-0.39, 0.29) is 11.9 Å². The first-order valence-electron chi connectivity index (χ1n) is 9.09. The van der Waals surface area contributed by atoms with E-state index in [4.69, 9.17) is 0 Å². The molecule has 1 N–H and O–H groups in total. The number of hydrogen-bond acceptors (Lipinski definition) is 5. The lowest BCUT2D eigenvalue weighted by Gasteiger charge is -2.20. The van der Waals surface area contributed by atoms with Crippen LogP contribution in [0.5, 0.6) is 0 Å². The number of carbonyl (C=O) groups excluding carboxylic acids is 1. The summed E-state index contributed by atoms with van der Waals surface area (Å²) >= 11 is 0. The van der Waals surface area contributed by atoms with Gasteiger partial charge in [-0.3, -0.25) is 4.79 Å². The van der Waals surface area contributed by atoms with Gasteiger partial charge in [0, 0.05) is 51.0 Å². The quantitative estimate of drug-likeness (QED) is 0.865. The number of aromatic nitrogens is 2. The lowest BCUT2D eigenvalue weighted by molar-refractivity contribution is -0.117. The van der Waals surface area contributed by atoms with Crippen LogP contribution in [0.4, 0.5) is 11.6 Å². The molecule has 1 fully saturated rings. The fourth-order valence-electron chi connectivity index (χ4n) is 3.17. The van der Waals surface area contributed by atoms with Gasteiger partial charge in [0.2, 0.25) is 11.9 Å². The molecule has 1 aliphatic rings. The Balaban J connectivity index is 1.69. The molecule has 2 aromatic rings. The van der Waals surface area contributed by atoms with E-state index in [9.17, 15) is 4.79 Å². The lowest BCUT2D eigenvalue weighted by Crippen LogP contribution is -2.24. The van der Waals surface area contributed by atoms with E-state index in [1.807, 2.05) is 49.0 Å². The Morgan fingerprint density at radius 2 is 2.08 bits per heavy atom. The van der Waals surface area contributed by atoms with Crippen molar-refractivity contribution in [3.63, 3.8) is 0 Å². The maximum Gasteiger partial charge on any atom is 0.227 e. The fraction of sp³-hybridized carbons (Fsp3) is 0.450. The Hall–Kier alpha value is -2.47. The van der Waals surface area contributed by atoms with Gasteiger partial charge in [0.05, 0.1) is 5.69 Å². The van der Waals surface area contributed by atoms with Crippen molar-refractivity contribution in [3.8, 4) is 0 Å². The van der Waals surface area contributed by atoms with Crippen LogP contribution in [0.2, 0.25) is 0 Å². The van der Waals surface area contributed by atoms with Crippen molar-refractivity contribution < 1.29 is 4.79 Å². The van der Waals surface area contributed by atoms with Gasteiger partial charge in [-0.1, -0.05) is 12.1 Å². The van der Waals surface area contributed by atoms with E-state index in [0.29, 0.717) is 13.0 Å². The zero-order valence-corrected chi connectivity index (χ0v) is 16.0. The highest BCUT2D eigenvalue weighted by Crippen LogP contribution is 2.25. The van der Waals surface area contributed by atoms with E-state index >= 15 is 0 Å². The lowest BCUT2D eigenvalue weighted by atomic mass is 10.1. The molecule has 0 radical (unpaired) electrons. The Labute approximate surface area is 155 Å². The van der Waals surface area contributed by atoms with Crippen LogP contribution in [0.1, 0.15) is 42.8 Å². The fourth-order valence-corrected chi connectivity index (χ4v) is 3.17. The highest BCUT2D eigenvalue weighted by molar-refractivity contribution is 5.95. The van der Waals surface area contributed by atoms with Gasteiger partial charge < -0.3 is 15.1 Å². The van der Waals surface area contributed by atoms with Crippen LogP contribution in [0.15, 0.2) is 30.3 Å². The summed E-state index contributed by atoms with van der Waals surface area (Å²) in [5, 5.41) is 3.53. The molecule has 1 aromatic heterocycles. The predicted octanol–water partition coefficient (Wildman–Crippen LogP) is 2.83. The molecular formula is C20H27N5O. The average Bonchev–Trinajstić information content (AvgIpc) is 3.05. The summed E-state index contributed by atoms with van der Waals surface area (Å²) in [7, 11) is 3.89. The summed E-state index contributed by atoms with van der Waals surface area (Å²) in [5.41, 5.74) is 4.09. The summed E-state index contributed by atoms with van der Waals surface area (Å²) in [5.74, 6) is 0.944. The first kappa shape index (κ1) is 18.3. The second kappa shape index (κ2) is 7.83. The summed E-state index contributed by atoms with van der Waals surface area (Å²) in [4.78, 5) is 24.8. The Morgan fingerprint density at radius 1 is 1.27 bits per heavy atom. The first-order chi connectivity index (χ1) is 12.4. The number of hydrogen-bond donors (Lipinski definition) is 1. The van der Waals surface area contributed by atoms with Crippen molar-refractivity contribution in [3.05, 3.63) is 47.3 Å². The van der Waals surface area contributed by atoms with Gasteiger partial charge in [-0.15, -0.1) is 0 Å². The highest BCUT2D eigenvalue weighted by Gasteiger charge is 2.22. The van der Waals surface area contributed by atoms with Gasteiger partial charge in [-0.25, -0.2) is 9.97 Å². The number of anilines is 2. The largest absolute Gasteiger partial charge is 0.347 e. The molecule has 1 saturated heterocycles. The molecule has 138 valence electrons. The maximum absolute atomic E-state index is 12.0. The minimum Gasteiger partial charge on any atom is -0.347 e. The van der Waals surface area contributed by atoms with Gasteiger partial charge in [0.15, 0.2) is 0 Å². The zero-order valence-electron chi connectivity index (χ0n) is 16.0. The number of benzene rings is 1. The second-order valence-corrected chi connectivity index (χ2v) is 7.04. The van der Waals surface area contributed by atoms with E-state index in [1.54, 1.807) is 0 Å². The monoisotopic (exact) mass is 353 g/mol. The van der Waals surface area contributed by atoms with E-state index in [1.165, 1.54) is 5.56 Å². The van der Waals surface area contributed by atoms with Gasteiger partial charge in [-0.05, 0) is 44.0 Å². The van der Waals surface area contributed by atoms with Crippen molar-refractivity contribution in [1.82, 2.24) is 15.3 Å². The van der Waals surface area contributed by atoms with Crippen LogP contribution in [-0.2, 0) is 11.3 Å². The van der Waals surface area contributed by atoms with Crippen molar-refractivity contribution in [2.45, 2.75) is 39.3 Å². The molecular weight excluding hydrogens is 326 g/mol. The highest BCUT2D eigenvalue weighted by atomic mass is 16.2. The molecule has 1 atom stereocenters. The summed E-state index contributed by atoms with van der Waals surface area (Å²) in [6.07, 6.45) is 1.59. The minimum absolute atomic E-state index is 0.158. The smallest absolute Gasteiger partial charge is 0.227 e. The number of nitrogens with zero attached hydrogens (tertiary/aromatic N) is 4. The van der Waals surface area contributed by atoms with Crippen molar-refractivity contribution in [2.24, 2.45) is 0 Å². The van der Waals surface area contributed by atoms with Gasteiger partial charge in [0.25, 0.3) is 0 Å². The average molecular weight is 353 g/mol. The van der Waals surface area contributed by atoms with Crippen molar-refractivity contribution in [2.75, 3.05) is 30.4 Å². The number of rotatable bonds is 6. The van der Waals surface area contributed by atoms with Crippen molar-refractivity contribution in [1.29, 1.82) is 0 Å². The molecule has 0 saturated carbocycles. The minimum atomic E-state index is 0.158. The topological polar surface area (TPSA) is 61.4 Å². The number of nitrogens with one attached hydrogen (secondary N) is 1. The maximum atomic E-state index is 12.0.